The van der Waals surface area contributed by atoms with E-state index in [1.807, 2.05) is 0 Å². The first-order chi connectivity index (χ1) is 7.69. The summed E-state index contributed by atoms with van der Waals surface area (Å²) in [5.41, 5.74) is 0.493. The third-order valence-electron chi connectivity index (χ3n) is 1.85. The van der Waals surface area contributed by atoms with Gasteiger partial charge in [0.2, 0.25) is 6.41 Å². The van der Waals surface area contributed by atoms with Crippen molar-refractivity contribution >= 4 is 23.5 Å². The molecule has 1 aromatic carbocycles. The minimum absolute atomic E-state index is 0.120. The van der Waals surface area contributed by atoms with Crippen molar-refractivity contribution in [2.75, 3.05) is 23.8 Å². The largest absolute Gasteiger partial charge is 0.395 e. The molecule has 1 rings (SSSR count). The molecule has 0 radical (unpaired) electrons. The number of aliphatic hydroxyl groups is 1. The van der Waals surface area contributed by atoms with Crippen LogP contribution in [-0.2, 0) is 4.79 Å². The minimum Gasteiger partial charge on any atom is -0.395 e. The van der Waals surface area contributed by atoms with Gasteiger partial charge in [0.25, 0.3) is 5.69 Å². The van der Waals surface area contributed by atoms with Gasteiger partial charge >= 0.3 is 0 Å². The van der Waals surface area contributed by atoms with Crippen LogP contribution < -0.4 is 10.6 Å². The second-order valence-corrected chi connectivity index (χ2v) is 2.90. The molecule has 0 aliphatic heterocycles. The Balaban J connectivity index is 2.99. The zero-order valence-corrected chi connectivity index (χ0v) is 8.34. The van der Waals surface area contributed by atoms with E-state index in [1.165, 1.54) is 18.2 Å². The molecule has 0 aromatic heterocycles. The van der Waals surface area contributed by atoms with Crippen molar-refractivity contribution in [1.29, 1.82) is 0 Å². The number of rotatable bonds is 6. The maximum atomic E-state index is 10.7. The van der Waals surface area contributed by atoms with Gasteiger partial charge in [0.1, 0.15) is 5.69 Å². The van der Waals surface area contributed by atoms with Crippen molar-refractivity contribution in [2.45, 2.75) is 0 Å². The Kier molecular flexibility index (Phi) is 4.22. The van der Waals surface area contributed by atoms with E-state index in [-0.39, 0.29) is 18.8 Å². The topological polar surface area (TPSA) is 104 Å². The number of nitrogens with one attached hydrogen (secondary N) is 2. The molecular formula is C9H11N3O4. The second-order valence-electron chi connectivity index (χ2n) is 2.90. The lowest BCUT2D eigenvalue weighted by atomic mass is 10.2. The highest BCUT2D eigenvalue weighted by Gasteiger charge is 2.13. The summed E-state index contributed by atoms with van der Waals surface area (Å²) in [6.45, 7) is 0.104. The van der Waals surface area contributed by atoms with Crippen molar-refractivity contribution < 1.29 is 14.8 Å². The molecule has 0 spiro atoms. The molecule has 0 bridgehead atoms. The number of amides is 1. The van der Waals surface area contributed by atoms with Crippen molar-refractivity contribution in [2.24, 2.45) is 0 Å². The van der Waals surface area contributed by atoms with Crippen LogP contribution in [0.15, 0.2) is 18.2 Å². The predicted octanol–water partition coefficient (Wildman–Crippen LogP) is 0.567. The van der Waals surface area contributed by atoms with Gasteiger partial charge in [-0.05, 0) is 12.1 Å². The average molecular weight is 225 g/mol. The summed E-state index contributed by atoms with van der Waals surface area (Å²) >= 11 is 0. The van der Waals surface area contributed by atoms with Crippen LogP contribution in [0, 0.1) is 10.1 Å². The molecule has 0 heterocycles. The van der Waals surface area contributed by atoms with Crippen LogP contribution in [-0.4, -0.2) is 29.6 Å². The monoisotopic (exact) mass is 225 g/mol. The molecule has 0 saturated heterocycles. The molecule has 86 valence electrons. The first kappa shape index (κ1) is 11.9. The quantitative estimate of drug-likeness (QED) is 0.373. The number of hydrogen-bond acceptors (Lipinski definition) is 5. The molecule has 7 nitrogen and oxygen atoms in total. The van der Waals surface area contributed by atoms with E-state index in [2.05, 4.69) is 10.6 Å². The zero-order chi connectivity index (χ0) is 12.0. The van der Waals surface area contributed by atoms with Gasteiger partial charge in [0, 0.05) is 18.3 Å². The fourth-order valence-electron chi connectivity index (χ4n) is 1.18. The summed E-state index contributed by atoms with van der Waals surface area (Å²) in [4.78, 5) is 20.4. The first-order valence-corrected chi connectivity index (χ1v) is 4.52. The maximum Gasteiger partial charge on any atom is 0.294 e. The van der Waals surface area contributed by atoms with Crippen molar-refractivity contribution in [1.82, 2.24) is 0 Å². The van der Waals surface area contributed by atoms with Gasteiger partial charge in [-0.25, -0.2) is 0 Å². The van der Waals surface area contributed by atoms with Crippen LogP contribution in [0.5, 0.6) is 0 Å². The van der Waals surface area contributed by atoms with Crippen LogP contribution in [0.25, 0.3) is 0 Å². The Morgan fingerprint density at radius 2 is 2.25 bits per heavy atom. The molecule has 0 saturated carbocycles. The second kappa shape index (κ2) is 5.66. The van der Waals surface area contributed by atoms with Crippen LogP contribution in [0.4, 0.5) is 17.1 Å². The zero-order valence-electron chi connectivity index (χ0n) is 8.34. The summed E-state index contributed by atoms with van der Waals surface area (Å²) in [5, 5.41) is 24.4. The molecule has 7 heteroatoms. The Morgan fingerprint density at radius 3 is 2.81 bits per heavy atom. The fourth-order valence-corrected chi connectivity index (χ4v) is 1.18. The van der Waals surface area contributed by atoms with E-state index in [4.69, 9.17) is 5.11 Å². The normalized spacial score (nSPS) is 9.56. The number of anilines is 2. The number of nitro groups is 1. The van der Waals surface area contributed by atoms with Gasteiger partial charge in [-0.2, -0.15) is 0 Å². The first-order valence-electron chi connectivity index (χ1n) is 4.52. The average Bonchev–Trinajstić information content (AvgIpc) is 2.27. The smallest absolute Gasteiger partial charge is 0.294 e. The minimum atomic E-state index is -0.560. The number of nitrogens with zero attached hydrogens (tertiary/aromatic N) is 1. The standard InChI is InChI=1S/C9H11N3O4/c13-4-3-10-8-2-1-7(11-6-14)5-9(8)12(15)16/h1-2,5-6,10,13H,3-4H2,(H,11,14). The molecule has 0 aliphatic carbocycles. The molecule has 0 unspecified atom stereocenters. The number of carbonyl (C=O) groups is 1. The van der Waals surface area contributed by atoms with Gasteiger partial charge in [0.15, 0.2) is 0 Å². The molecule has 16 heavy (non-hydrogen) atoms. The Labute approximate surface area is 91.2 Å². The van der Waals surface area contributed by atoms with E-state index < -0.39 is 4.92 Å². The summed E-state index contributed by atoms with van der Waals surface area (Å²) < 4.78 is 0. The number of nitro benzene ring substituents is 1. The highest BCUT2D eigenvalue weighted by molar-refractivity contribution is 5.76. The SMILES string of the molecule is O=CNc1ccc(NCCO)c([N+](=O)[O-])c1. The van der Waals surface area contributed by atoms with E-state index in [9.17, 15) is 14.9 Å². The van der Waals surface area contributed by atoms with Crippen LogP contribution in [0.3, 0.4) is 0 Å². The summed E-state index contributed by atoms with van der Waals surface area (Å²) in [5.74, 6) is 0. The van der Waals surface area contributed by atoms with Crippen LogP contribution >= 0.6 is 0 Å². The number of aliphatic hydroxyl groups excluding tert-OH is 1. The summed E-state index contributed by atoms with van der Waals surface area (Å²) in [6.07, 6.45) is 0.444. The van der Waals surface area contributed by atoms with Gasteiger partial charge < -0.3 is 15.7 Å². The van der Waals surface area contributed by atoms with Crippen LogP contribution in [0.1, 0.15) is 0 Å². The van der Waals surface area contributed by atoms with Crippen molar-refractivity contribution in [3.8, 4) is 0 Å². The summed E-state index contributed by atoms with van der Waals surface area (Å²) in [6, 6.07) is 4.24. The van der Waals surface area contributed by atoms with Gasteiger partial charge in [-0.1, -0.05) is 0 Å². The number of carbonyl (C=O) groups excluding carboxylic acids is 1. The predicted molar refractivity (Wildman–Crippen MR) is 58.4 cm³/mol. The third kappa shape index (κ3) is 2.92. The Hall–Kier alpha value is -2.15. The lowest BCUT2D eigenvalue weighted by Gasteiger charge is -2.06. The molecule has 0 fully saturated rings. The molecule has 1 aromatic rings. The highest BCUT2D eigenvalue weighted by Crippen LogP contribution is 2.27. The molecule has 1 amide bonds. The molecular weight excluding hydrogens is 214 g/mol. The Morgan fingerprint density at radius 1 is 1.50 bits per heavy atom. The maximum absolute atomic E-state index is 10.7. The van der Waals surface area contributed by atoms with Crippen molar-refractivity contribution in [3.05, 3.63) is 28.3 Å². The van der Waals surface area contributed by atoms with Gasteiger partial charge in [-0.3, -0.25) is 14.9 Å². The van der Waals surface area contributed by atoms with Gasteiger partial charge in [-0.15, -0.1) is 0 Å². The highest BCUT2D eigenvalue weighted by atomic mass is 16.6. The number of hydrogen-bond donors (Lipinski definition) is 3. The fraction of sp³-hybridized carbons (Fsp3) is 0.222. The van der Waals surface area contributed by atoms with Gasteiger partial charge in [0.05, 0.1) is 11.5 Å². The lowest BCUT2D eigenvalue weighted by molar-refractivity contribution is -0.383. The number of benzene rings is 1. The molecule has 3 N–H and O–H groups in total. The van der Waals surface area contributed by atoms with Crippen molar-refractivity contribution in [3.63, 3.8) is 0 Å². The summed E-state index contributed by atoms with van der Waals surface area (Å²) in [7, 11) is 0. The third-order valence-corrected chi connectivity index (χ3v) is 1.85. The molecule has 0 atom stereocenters. The van der Waals surface area contributed by atoms with E-state index in [1.54, 1.807) is 0 Å². The van der Waals surface area contributed by atoms with E-state index >= 15 is 0 Å². The van der Waals surface area contributed by atoms with Crippen LogP contribution in [0.2, 0.25) is 0 Å². The Bertz CT molecular complexity index is 394. The lowest BCUT2D eigenvalue weighted by Crippen LogP contribution is -2.07. The molecule has 0 aliphatic rings. The van der Waals surface area contributed by atoms with E-state index in [0.717, 1.165) is 0 Å². The van der Waals surface area contributed by atoms with E-state index in [0.29, 0.717) is 17.8 Å².